The van der Waals surface area contributed by atoms with E-state index >= 15 is 0 Å². The molecule has 2 unspecified atom stereocenters. The Labute approximate surface area is 98.4 Å². The van der Waals surface area contributed by atoms with Crippen molar-refractivity contribution in [2.45, 2.75) is 24.0 Å². The molecule has 0 bridgehead atoms. The Bertz CT molecular complexity index is 383. The smallest absolute Gasteiger partial charge is 0.146 e. The zero-order valence-corrected chi connectivity index (χ0v) is 10.3. The molecule has 0 aliphatic carbocycles. The number of rotatable bonds is 1. The van der Waals surface area contributed by atoms with Gasteiger partial charge in [0.2, 0.25) is 0 Å². The normalized spacial score (nSPS) is 25.1. The van der Waals surface area contributed by atoms with Crippen LogP contribution in [0.5, 0.6) is 0 Å². The first-order valence-corrected chi connectivity index (χ1v) is 6.33. The maximum atomic E-state index is 13.7. The zero-order chi connectivity index (χ0) is 11.0. The molecule has 1 aromatic carbocycles. The van der Waals surface area contributed by atoms with E-state index < -0.39 is 0 Å². The highest BCUT2D eigenvalue weighted by Gasteiger charge is 2.28. The van der Waals surface area contributed by atoms with Gasteiger partial charge in [-0.3, -0.25) is 0 Å². The van der Waals surface area contributed by atoms with Gasteiger partial charge in [0.05, 0.1) is 5.02 Å². The fraction of sp³-hybridized carbons (Fsp3) is 0.455. The van der Waals surface area contributed by atoms with E-state index in [4.69, 9.17) is 11.6 Å². The molecule has 15 heavy (non-hydrogen) atoms. The van der Waals surface area contributed by atoms with E-state index in [-0.39, 0.29) is 16.9 Å². The van der Waals surface area contributed by atoms with E-state index in [1.807, 2.05) is 13.1 Å². The summed E-state index contributed by atoms with van der Waals surface area (Å²) in [6, 6.07) is 3.78. The molecular formula is C11H13ClFNS. The van der Waals surface area contributed by atoms with Crippen molar-refractivity contribution in [3.8, 4) is 0 Å². The first-order chi connectivity index (χ1) is 7.15. The monoisotopic (exact) mass is 245 g/mol. The summed E-state index contributed by atoms with van der Waals surface area (Å²) in [5, 5.41) is 3.91. The summed E-state index contributed by atoms with van der Waals surface area (Å²) in [5.74, 6) is 0.454. The number of nitrogens with one attached hydrogen (secondary N) is 1. The van der Waals surface area contributed by atoms with Crippen molar-refractivity contribution in [1.29, 1.82) is 0 Å². The van der Waals surface area contributed by atoms with Crippen molar-refractivity contribution >= 4 is 23.4 Å². The van der Waals surface area contributed by atoms with Gasteiger partial charge in [0.15, 0.2) is 0 Å². The van der Waals surface area contributed by atoms with Crippen molar-refractivity contribution in [2.75, 3.05) is 7.05 Å². The fourth-order valence-corrected chi connectivity index (χ4v) is 3.37. The minimum atomic E-state index is -0.256. The lowest BCUT2D eigenvalue weighted by molar-refractivity contribution is 0.558. The summed E-state index contributed by atoms with van der Waals surface area (Å²) >= 11 is 7.52. The first-order valence-electron chi connectivity index (χ1n) is 4.90. The number of benzene rings is 1. The Morgan fingerprint density at radius 1 is 1.53 bits per heavy atom. The molecule has 0 amide bonds. The maximum Gasteiger partial charge on any atom is 0.146 e. The summed E-state index contributed by atoms with van der Waals surface area (Å²) in [6.07, 6.45) is 0. The van der Waals surface area contributed by atoms with Gasteiger partial charge in [0, 0.05) is 22.6 Å². The van der Waals surface area contributed by atoms with Crippen molar-refractivity contribution in [2.24, 2.45) is 0 Å². The molecule has 4 heteroatoms. The van der Waals surface area contributed by atoms with E-state index in [0.717, 1.165) is 11.1 Å². The minimum absolute atomic E-state index is 0.213. The molecule has 0 saturated carbocycles. The van der Waals surface area contributed by atoms with Gasteiger partial charge >= 0.3 is 0 Å². The lowest BCUT2D eigenvalue weighted by atomic mass is 9.98. The van der Waals surface area contributed by atoms with Gasteiger partial charge in [-0.1, -0.05) is 24.6 Å². The molecule has 0 saturated heterocycles. The van der Waals surface area contributed by atoms with E-state index in [1.165, 1.54) is 0 Å². The van der Waals surface area contributed by atoms with Crippen molar-refractivity contribution < 1.29 is 4.39 Å². The third kappa shape index (κ3) is 1.88. The molecule has 0 fully saturated rings. The maximum absolute atomic E-state index is 13.7. The summed E-state index contributed by atoms with van der Waals surface area (Å²) in [7, 11) is 1.91. The Kier molecular flexibility index (Phi) is 3.24. The molecule has 2 rings (SSSR count). The standard InChI is InChI=1S/C11H13ClFNS/c1-6-11(14-2)7-3-4-9(12)10(13)8(7)5-15-6/h3-4,6,11,14H,5H2,1-2H3. The predicted octanol–water partition coefficient (Wildman–Crippen LogP) is 3.37. The van der Waals surface area contributed by atoms with Crippen LogP contribution in [0.1, 0.15) is 24.1 Å². The number of hydrogen-bond acceptors (Lipinski definition) is 2. The Hall–Kier alpha value is -0.250. The van der Waals surface area contributed by atoms with Gasteiger partial charge in [-0.25, -0.2) is 4.39 Å². The number of thioether (sulfide) groups is 1. The molecule has 1 aromatic rings. The molecule has 1 aliphatic rings. The van der Waals surface area contributed by atoms with E-state index in [2.05, 4.69) is 12.2 Å². The Balaban J connectivity index is 2.51. The molecule has 1 nitrogen and oxygen atoms in total. The van der Waals surface area contributed by atoms with Crippen LogP contribution >= 0.6 is 23.4 Å². The minimum Gasteiger partial charge on any atom is -0.312 e. The second kappa shape index (κ2) is 4.32. The highest BCUT2D eigenvalue weighted by Crippen LogP contribution is 2.39. The van der Waals surface area contributed by atoms with Crippen LogP contribution in [0.2, 0.25) is 5.02 Å². The molecule has 1 aliphatic heterocycles. The highest BCUT2D eigenvalue weighted by molar-refractivity contribution is 7.99. The van der Waals surface area contributed by atoms with Crippen LogP contribution < -0.4 is 5.32 Å². The summed E-state index contributed by atoms with van der Waals surface area (Å²) in [6.45, 7) is 2.15. The number of fused-ring (bicyclic) bond motifs is 1. The summed E-state index contributed by atoms with van der Waals surface area (Å²) in [4.78, 5) is 0. The third-order valence-electron chi connectivity index (χ3n) is 2.84. The van der Waals surface area contributed by atoms with Gasteiger partial charge in [0.1, 0.15) is 5.82 Å². The van der Waals surface area contributed by atoms with Crippen LogP contribution in [0.3, 0.4) is 0 Å². The fourth-order valence-electron chi connectivity index (χ4n) is 2.00. The molecule has 0 spiro atoms. The van der Waals surface area contributed by atoms with Crippen LogP contribution in [-0.2, 0) is 5.75 Å². The number of hydrogen-bond donors (Lipinski definition) is 1. The highest BCUT2D eigenvalue weighted by atomic mass is 35.5. The number of halogens is 2. The average molecular weight is 246 g/mol. The van der Waals surface area contributed by atoms with Crippen LogP contribution in [-0.4, -0.2) is 12.3 Å². The third-order valence-corrected chi connectivity index (χ3v) is 4.38. The van der Waals surface area contributed by atoms with E-state index in [9.17, 15) is 4.39 Å². The SMILES string of the molecule is CNC1c2ccc(Cl)c(F)c2CSC1C. The molecule has 1 N–H and O–H groups in total. The quantitative estimate of drug-likeness (QED) is 0.814. The van der Waals surface area contributed by atoms with Crippen LogP contribution in [0.15, 0.2) is 12.1 Å². The van der Waals surface area contributed by atoms with Gasteiger partial charge in [0.25, 0.3) is 0 Å². The summed E-state index contributed by atoms with van der Waals surface area (Å²) in [5.41, 5.74) is 1.80. The molecule has 1 heterocycles. The molecule has 0 radical (unpaired) electrons. The molecule has 0 aromatic heterocycles. The van der Waals surface area contributed by atoms with Gasteiger partial charge < -0.3 is 5.32 Å². The molecule has 2 atom stereocenters. The van der Waals surface area contributed by atoms with Crippen molar-refractivity contribution in [3.63, 3.8) is 0 Å². The largest absolute Gasteiger partial charge is 0.312 e. The topological polar surface area (TPSA) is 12.0 Å². The Morgan fingerprint density at radius 3 is 2.93 bits per heavy atom. The second-order valence-corrected chi connectivity index (χ2v) is 5.48. The second-order valence-electron chi connectivity index (χ2n) is 3.71. The first kappa shape index (κ1) is 11.2. The van der Waals surface area contributed by atoms with Crippen LogP contribution in [0, 0.1) is 5.82 Å². The van der Waals surface area contributed by atoms with Crippen molar-refractivity contribution in [3.05, 3.63) is 34.1 Å². The van der Waals surface area contributed by atoms with Gasteiger partial charge in [-0.2, -0.15) is 11.8 Å². The van der Waals surface area contributed by atoms with Crippen molar-refractivity contribution in [1.82, 2.24) is 5.32 Å². The average Bonchev–Trinajstić information content (AvgIpc) is 2.23. The van der Waals surface area contributed by atoms with E-state index in [0.29, 0.717) is 11.0 Å². The summed E-state index contributed by atoms with van der Waals surface area (Å²) < 4.78 is 13.7. The predicted molar refractivity (Wildman–Crippen MR) is 64.0 cm³/mol. The molecule has 82 valence electrons. The van der Waals surface area contributed by atoms with Gasteiger partial charge in [-0.15, -0.1) is 0 Å². The zero-order valence-electron chi connectivity index (χ0n) is 8.68. The Morgan fingerprint density at radius 2 is 2.27 bits per heavy atom. The lowest BCUT2D eigenvalue weighted by Gasteiger charge is -2.31. The van der Waals surface area contributed by atoms with E-state index in [1.54, 1.807) is 17.8 Å². The van der Waals surface area contributed by atoms with Crippen LogP contribution in [0.25, 0.3) is 0 Å². The molecular weight excluding hydrogens is 233 g/mol. The lowest BCUT2D eigenvalue weighted by Crippen LogP contribution is -2.29. The van der Waals surface area contributed by atoms with Gasteiger partial charge in [-0.05, 0) is 18.7 Å². The van der Waals surface area contributed by atoms with Crippen LogP contribution in [0.4, 0.5) is 4.39 Å².